The highest BCUT2D eigenvalue weighted by Gasteiger charge is 2.27. The monoisotopic (exact) mass is 280 g/mol. The van der Waals surface area contributed by atoms with Crippen molar-refractivity contribution >= 4 is 18.5 Å². The Morgan fingerprint density at radius 2 is 2.11 bits per heavy atom. The van der Waals surface area contributed by atoms with E-state index in [4.69, 9.17) is 9.47 Å². The zero-order valence-corrected chi connectivity index (χ0v) is 13.0. The van der Waals surface area contributed by atoms with E-state index in [9.17, 15) is 0 Å². The van der Waals surface area contributed by atoms with Crippen LogP contribution in [0.4, 0.5) is 0 Å². The third kappa shape index (κ3) is 2.53. The van der Waals surface area contributed by atoms with Gasteiger partial charge in [0.1, 0.15) is 5.76 Å². The Bertz CT molecular complexity index is 494. The van der Waals surface area contributed by atoms with Gasteiger partial charge >= 0.3 is 0 Å². The zero-order valence-electron chi connectivity index (χ0n) is 10.6. The quantitative estimate of drug-likeness (QED) is 0.584. The van der Waals surface area contributed by atoms with Gasteiger partial charge < -0.3 is 9.47 Å². The van der Waals surface area contributed by atoms with Gasteiger partial charge in [-0.3, -0.25) is 0 Å². The first-order valence-electron chi connectivity index (χ1n) is 5.84. The van der Waals surface area contributed by atoms with Crippen molar-refractivity contribution in [3.63, 3.8) is 0 Å². The highest BCUT2D eigenvalue weighted by atomic mass is 31.0. The molecule has 2 rings (SSSR count). The summed E-state index contributed by atoms with van der Waals surface area (Å²) in [5.41, 5.74) is 5.69. The fourth-order valence-electron chi connectivity index (χ4n) is 2.29. The zero-order chi connectivity index (χ0) is 13.1. The van der Waals surface area contributed by atoms with E-state index in [2.05, 4.69) is 36.4 Å². The summed E-state index contributed by atoms with van der Waals surface area (Å²) in [7, 11) is 9.06. The summed E-state index contributed by atoms with van der Waals surface area (Å²) in [4.78, 5) is 0. The maximum absolute atomic E-state index is 5.60. The molecule has 0 aromatic heterocycles. The Hall–Kier alpha value is -0.640. The number of ether oxygens (including phenoxy) is 2. The second-order valence-electron chi connectivity index (χ2n) is 4.22. The molecule has 2 aliphatic carbocycles. The minimum absolute atomic E-state index is 0.0885. The highest BCUT2D eigenvalue weighted by molar-refractivity contribution is 7.23. The van der Waals surface area contributed by atoms with Gasteiger partial charge in [-0.1, -0.05) is 12.2 Å². The Morgan fingerprint density at radius 3 is 2.78 bits per heavy atom. The lowest BCUT2D eigenvalue weighted by molar-refractivity contribution is 0.133. The van der Waals surface area contributed by atoms with Crippen LogP contribution >= 0.6 is 18.5 Å². The minimum Gasteiger partial charge on any atom is -0.496 e. The van der Waals surface area contributed by atoms with Crippen LogP contribution in [0.25, 0.3) is 0 Å². The summed E-state index contributed by atoms with van der Waals surface area (Å²) in [5, 5.41) is 1.16. The molecule has 0 saturated heterocycles. The van der Waals surface area contributed by atoms with E-state index in [1.807, 2.05) is 12.2 Å². The van der Waals surface area contributed by atoms with Gasteiger partial charge in [0.2, 0.25) is 0 Å². The van der Waals surface area contributed by atoms with Crippen LogP contribution in [0.5, 0.6) is 0 Å². The summed E-state index contributed by atoms with van der Waals surface area (Å²) in [5.74, 6) is 0.866. The average molecular weight is 280 g/mol. The van der Waals surface area contributed by atoms with Crippen molar-refractivity contribution in [1.82, 2.24) is 0 Å². The third-order valence-electron chi connectivity index (χ3n) is 3.16. The molecule has 0 radical (unpaired) electrons. The van der Waals surface area contributed by atoms with Crippen molar-refractivity contribution in [2.24, 2.45) is 0 Å². The fraction of sp³-hybridized carbons (Fsp3) is 0.357. The van der Waals surface area contributed by atoms with E-state index in [1.165, 1.54) is 11.1 Å². The molecule has 0 aromatic rings. The minimum atomic E-state index is 0.0885. The molecule has 0 saturated carbocycles. The second kappa shape index (κ2) is 6.00. The van der Waals surface area contributed by atoms with Crippen LogP contribution in [-0.2, 0) is 9.47 Å². The fourth-order valence-corrected chi connectivity index (χ4v) is 3.22. The summed E-state index contributed by atoms with van der Waals surface area (Å²) in [6.07, 6.45) is 9.15. The van der Waals surface area contributed by atoms with E-state index in [0.717, 1.165) is 17.5 Å². The number of methoxy groups -OCH3 is 2. The number of rotatable bonds is 3. The maximum atomic E-state index is 5.60. The Labute approximate surface area is 113 Å². The third-order valence-corrected chi connectivity index (χ3v) is 4.19. The van der Waals surface area contributed by atoms with Gasteiger partial charge in [0, 0.05) is 24.4 Å². The van der Waals surface area contributed by atoms with Gasteiger partial charge in [0.05, 0.1) is 13.2 Å². The summed E-state index contributed by atoms with van der Waals surface area (Å²) >= 11 is 0. The van der Waals surface area contributed by atoms with Gasteiger partial charge in [-0.05, 0) is 23.4 Å². The summed E-state index contributed by atoms with van der Waals surface area (Å²) in [6.45, 7) is 0. The Balaban J connectivity index is 2.54. The normalized spacial score (nSPS) is 27.1. The van der Waals surface area contributed by atoms with Crippen LogP contribution in [0, 0.1) is 0 Å². The molecule has 3 unspecified atom stereocenters. The molecule has 0 amide bonds. The predicted octanol–water partition coefficient (Wildman–Crippen LogP) is 2.96. The van der Waals surface area contributed by atoms with Crippen LogP contribution in [-0.4, -0.2) is 26.0 Å². The lowest BCUT2D eigenvalue weighted by atomic mass is 9.89. The van der Waals surface area contributed by atoms with E-state index < -0.39 is 0 Å². The topological polar surface area (TPSA) is 18.5 Å². The van der Waals surface area contributed by atoms with Crippen LogP contribution in [0.1, 0.15) is 6.42 Å². The van der Waals surface area contributed by atoms with Crippen LogP contribution in [0.3, 0.4) is 0 Å². The molecule has 0 aliphatic heterocycles. The van der Waals surface area contributed by atoms with Crippen molar-refractivity contribution in [2.75, 3.05) is 14.2 Å². The van der Waals surface area contributed by atoms with Gasteiger partial charge in [-0.15, -0.1) is 24.2 Å². The van der Waals surface area contributed by atoms with Crippen molar-refractivity contribution in [2.45, 2.75) is 18.2 Å². The molecule has 2 nitrogen and oxygen atoms in total. The smallest absolute Gasteiger partial charge is 0.131 e. The van der Waals surface area contributed by atoms with Crippen molar-refractivity contribution in [1.29, 1.82) is 0 Å². The molecule has 4 atom stereocenters. The SMILES string of the molecule is COC1=C(C2=C(P)C=CCC2OC)[C@@H](P)C=C=C1. The van der Waals surface area contributed by atoms with Gasteiger partial charge in [-0.2, -0.15) is 0 Å². The van der Waals surface area contributed by atoms with Crippen molar-refractivity contribution in [3.05, 3.63) is 52.3 Å². The van der Waals surface area contributed by atoms with Crippen molar-refractivity contribution < 1.29 is 9.47 Å². The van der Waals surface area contributed by atoms with Gasteiger partial charge in [0.25, 0.3) is 0 Å². The molecule has 18 heavy (non-hydrogen) atoms. The van der Waals surface area contributed by atoms with E-state index in [-0.39, 0.29) is 11.8 Å². The van der Waals surface area contributed by atoms with Crippen LogP contribution in [0.2, 0.25) is 0 Å². The highest BCUT2D eigenvalue weighted by Crippen LogP contribution is 2.38. The molecule has 2 aliphatic rings. The van der Waals surface area contributed by atoms with E-state index in [1.54, 1.807) is 14.2 Å². The number of hydrogen-bond donors (Lipinski definition) is 0. The molecule has 0 heterocycles. The lowest BCUT2D eigenvalue weighted by Gasteiger charge is -2.28. The van der Waals surface area contributed by atoms with Gasteiger partial charge in [-0.25, -0.2) is 0 Å². The van der Waals surface area contributed by atoms with E-state index in [0.29, 0.717) is 0 Å². The van der Waals surface area contributed by atoms with Crippen molar-refractivity contribution in [3.8, 4) is 0 Å². The van der Waals surface area contributed by atoms with E-state index >= 15 is 0 Å². The number of allylic oxidation sites excluding steroid dienone is 3. The van der Waals surface area contributed by atoms with Gasteiger partial charge in [0.15, 0.2) is 0 Å². The molecule has 96 valence electrons. The molecular formula is C14H18O2P2. The first kappa shape index (κ1) is 13.8. The molecule has 0 N–H and O–H groups in total. The Morgan fingerprint density at radius 1 is 1.33 bits per heavy atom. The maximum Gasteiger partial charge on any atom is 0.131 e. The summed E-state index contributed by atoms with van der Waals surface area (Å²) < 4.78 is 11.1. The molecule has 0 fully saturated rings. The molecule has 0 spiro atoms. The average Bonchev–Trinajstić information content (AvgIpc) is 2.38. The first-order valence-corrected chi connectivity index (χ1v) is 7.09. The number of hydrogen-bond acceptors (Lipinski definition) is 2. The largest absolute Gasteiger partial charge is 0.496 e. The lowest BCUT2D eigenvalue weighted by Crippen LogP contribution is -2.22. The van der Waals surface area contributed by atoms with Crippen LogP contribution in [0.15, 0.2) is 52.3 Å². The molecule has 4 heteroatoms. The first-order chi connectivity index (χ1) is 8.69. The predicted molar refractivity (Wildman–Crippen MR) is 81.5 cm³/mol. The van der Waals surface area contributed by atoms with Crippen LogP contribution < -0.4 is 0 Å². The Kier molecular flexibility index (Phi) is 4.60. The standard InChI is InChI=1S/C14H18O2P2/c1-15-9-5-3-7-11(17)13(9)14-10(16-2)6-4-8-12(14)18/h3,6-9,12H,5,17-18H2,1-2H3/t9?,12-/m0/s1. The molecule has 0 bridgehead atoms. The molecular weight excluding hydrogens is 262 g/mol. The second-order valence-corrected chi connectivity index (χ2v) is 5.56. The summed E-state index contributed by atoms with van der Waals surface area (Å²) in [6, 6.07) is 0. The molecule has 0 aromatic carbocycles.